The molecule has 1 amide bonds. The fourth-order valence-electron chi connectivity index (χ4n) is 2.01. The van der Waals surface area contributed by atoms with Gasteiger partial charge in [-0.2, -0.15) is 0 Å². The Morgan fingerprint density at radius 2 is 2.17 bits per heavy atom. The van der Waals surface area contributed by atoms with Gasteiger partial charge in [-0.25, -0.2) is 0 Å². The second-order valence-corrected chi connectivity index (χ2v) is 6.40. The summed E-state index contributed by atoms with van der Waals surface area (Å²) in [5.74, 6) is 0.169. The summed E-state index contributed by atoms with van der Waals surface area (Å²) in [6.07, 6.45) is 0.907. The largest absolute Gasteiger partial charge is 0.340 e. The third-order valence-corrected chi connectivity index (χ3v) is 4.36. The lowest BCUT2D eigenvalue weighted by molar-refractivity contribution is -0.129. The van der Waals surface area contributed by atoms with Crippen molar-refractivity contribution < 1.29 is 4.79 Å². The first kappa shape index (κ1) is 13.7. The number of carbonyl (C=O) groups excluding carboxylic acids is 1. The van der Waals surface area contributed by atoms with Gasteiger partial charge < -0.3 is 10.6 Å². The Hall–Kier alpha value is -0.710. The molecule has 18 heavy (non-hydrogen) atoms. The van der Waals surface area contributed by atoms with E-state index in [0.29, 0.717) is 11.6 Å². The van der Waals surface area contributed by atoms with E-state index in [9.17, 15) is 4.79 Å². The maximum Gasteiger partial charge on any atom is 0.235 e. The topological polar surface area (TPSA) is 46.3 Å². The van der Waals surface area contributed by atoms with Crippen molar-refractivity contribution in [2.24, 2.45) is 5.73 Å². The summed E-state index contributed by atoms with van der Waals surface area (Å²) in [5, 5.41) is 0.625. The minimum absolute atomic E-state index is 0.0866. The Bertz CT molecular complexity index is 424. The summed E-state index contributed by atoms with van der Waals surface area (Å²) in [5.41, 5.74) is 5.82. The number of thioether (sulfide) groups is 1. The quantitative estimate of drug-likeness (QED) is 0.867. The molecular formula is C13H17ClN2OS. The maximum absolute atomic E-state index is 12.2. The van der Waals surface area contributed by atoms with Crippen LogP contribution < -0.4 is 5.73 Å². The second-order valence-electron chi connectivity index (χ2n) is 4.55. The average molecular weight is 285 g/mol. The van der Waals surface area contributed by atoms with Crippen LogP contribution >= 0.6 is 23.4 Å². The zero-order valence-electron chi connectivity index (χ0n) is 10.3. The lowest BCUT2D eigenvalue weighted by atomic mass is 10.3. The number of hydrogen-bond donors (Lipinski definition) is 1. The number of benzene rings is 1. The van der Waals surface area contributed by atoms with Gasteiger partial charge in [-0.1, -0.05) is 11.6 Å². The summed E-state index contributed by atoms with van der Waals surface area (Å²) in [4.78, 5) is 15.1. The van der Waals surface area contributed by atoms with Gasteiger partial charge in [-0.3, -0.25) is 4.79 Å². The molecule has 2 N–H and O–H groups in total. The molecule has 2 rings (SSSR count). The molecule has 0 radical (unpaired) electrons. The van der Waals surface area contributed by atoms with Crippen LogP contribution in [0.25, 0.3) is 0 Å². The van der Waals surface area contributed by atoms with Gasteiger partial charge in [0, 0.05) is 29.0 Å². The van der Waals surface area contributed by atoms with Crippen LogP contribution in [0.2, 0.25) is 5.02 Å². The molecule has 0 aromatic heterocycles. The minimum Gasteiger partial charge on any atom is -0.340 e. The fraction of sp³-hybridized carbons (Fsp3) is 0.462. The third-order valence-electron chi connectivity index (χ3n) is 3.01. The number of nitrogens with two attached hydrogens (primary N) is 1. The second kappa shape index (κ2) is 5.95. The molecule has 2 atom stereocenters. The highest BCUT2D eigenvalue weighted by Gasteiger charge is 2.27. The molecule has 0 spiro atoms. The molecule has 0 bridgehead atoms. The van der Waals surface area contributed by atoms with Crippen molar-refractivity contribution in [3.8, 4) is 0 Å². The summed E-state index contributed by atoms with van der Waals surface area (Å²) in [6, 6.07) is 7.69. The van der Waals surface area contributed by atoms with Crippen molar-refractivity contribution in [3.05, 3.63) is 29.3 Å². The number of carbonyl (C=O) groups is 1. The normalized spacial score (nSPS) is 21.1. The number of hydrogen-bond acceptors (Lipinski definition) is 3. The summed E-state index contributed by atoms with van der Waals surface area (Å²) >= 11 is 7.39. The third kappa shape index (κ3) is 3.40. The predicted molar refractivity (Wildman–Crippen MR) is 75.9 cm³/mol. The van der Waals surface area contributed by atoms with Gasteiger partial charge in [-0.05, 0) is 37.6 Å². The standard InChI is InChI=1S/C13H17ClN2OS/c1-9(13(17)16-7-6-11(15)8-16)18-12-4-2-10(14)3-5-12/h2-5,9,11H,6-8,15H2,1H3/t9?,11-/m1/s1. The van der Waals surface area contributed by atoms with Gasteiger partial charge in [0.05, 0.1) is 5.25 Å². The number of nitrogens with zero attached hydrogens (tertiary/aromatic N) is 1. The van der Waals surface area contributed by atoms with Crippen LogP contribution in [0.5, 0.6) is 0 Å². The summed E-state index contributed by atoms with van der Waals surface area (Å²) in [6.45, 7) is 3.40. The number of rotatable bonds is 3. The van der Waals surface area contributed by atoms with Crippen LogP contribution in [-0.4, -0.2) is 35.2 Å². The van der Waals surface area contributed by atoms with E-state index in [-0.39, 0.29) is 17.2 Å². The number of halogens is 1. The van der Waals surface area contributed by atoms with Gasteiger partial charge in [0.25, 0.3) is 0 Å². The number of likely N-dealkylation sites (tertiary alicyclic amines) is 1. The average Bonchev–Trinajstić information content (AvgIpc) is 2.78. The summed E-state index contributed by atoms with van der Waals surface area (Å²) < 4.78 is 0. The van der Waals surface area contributed by atoms with Gasteiger partial charge >= 0.3 is 0 Å². The molecule has 1 heterocycles. The molecule has 1 aliphatic heterocycles. The molecule has 5 heteroatoms. The molecular weight excluding hydrogens is 268 g/mol. The Morgan fingerprint density at radius 3 is 2.72 bits per heavy atom. The Kier molecular flexibility index (Phi) is 4.54. The maximum atomic E-state index is 12.2. The highest BCUT2D eigenvalue weighted by Crippen LogP contribution is 2.26. The molecule has 1 aromatic carbocycles. The fourth-order valence-corrected chi connectivity index (χ4v) is 3.09. The van der Waals surface area contributed by atoms with E-state index < -0.39 is 0 Å². The van der Waals surface area contributed by atoms with Crippen molar-refractivity contribution in [2.45, 2.75) is 29.5 Å². The van der Waals surface area contributed by atoms with Crippen LogP contribution in [0.15, 0.2) is 29.2 Å². The van der Waals surface area contributed by atoms with E-state index in [1.54, 1.807) is 11.8 Å². The molecule has 3 nitrogen and oxygen atoms in total. The Balaban J connectivity index is 1.93. The SMILES string of the molecule is CC(Sc1ccc(Cl)cc1)C(=O)N1CC[C@@H](N)C1. The van der Waals surface area contributed by atoms with E-state index >= 15 is 0 Å². The summed E-state index contributed by atoms with van der Waals surface area (Å²) in [7, 11) is 0. The van der Waals surface area contributed by atoms with Crippen molar-refractivity contribution in [1.29, 1.82) is 0 Å². The van der Waals surface area contributed by atoms with Gasteiger partial charge in [0.15, 0.2) is 0 Å². The Labute approximate surface area is 117 Å². The molecule has 1 aliphatic rings. The molecule has 0 aliphatic carbocycles. The molecule has 1 unspecified atom stereocenters. The minimum atomic E-state index is -0.0866. The smallest absolute Gasteiger partial charge is 0.235 e. The molecule has 1 saturated heterocycles. The zero-order valence-corrected chi connectivity index (χ0v) is 11.9. The first-order valence-corrected chi connectivity index (χ1v) is 7.28. The number of amides is 1. The Morgan fingerprint density at radius 1 is 1.50 bits per heavy atom. The van der Waals surface area contributed by atoms with Crippen LogP contribution in [0.1, 0.15) is 13.3 Å². The first-order chi connectivity index (χ1) is 8.56. The van der Waals surface area contributed by atoms with Gasteiger partial charge in [0.2, 0.25) is 5.91 Å². The van der Waals surface area contributed by atoms with E-state index in [0.717, 1.165) is 17.9 Å². The lowest BCUT2D eigenvalue weighted by Gasteiger charge is -2.20. The molecule has 1 aromatic rings. The van der Waals surface area contributed by atoms with E-state index in [2.05, 4.69) is 0 Å². The first-order valence-electron chi connectivity index (χ1n) is 6.03. The molecule has 1 fully saturated rings. The zero-order chi connectivity index (χ0) is 13.1. The predicted octanol–water partition coefficient (Wildman–Crippen LogP) is 2.38. The van der Waals surface area contributed by atoms with Crippen molar-refractivity contribution in [2.75, 3.05) is 13.1 Å². The lowest BCUT2D eigenvalue weighted by Crippen LogP contribution is -2.36. The van der Waals surface area contributed by atoms with Crippen molar-refractivity contribution >= 4 is 29.3 Å². The molecule has 98 valence electrons. The van der Waals surface area contributed by atoms with Crippen LogP contribution in [0.4, 0.5) is 0 Å². The van der Waals surface area contributed by atoms with Crippen molar-refractivity contribution in [1.82, 2.24) is 4.90 Å². The molecule has 0 saturated carbocycles. The van der Waals surface area contributed by atoms with Gasteiger partial charge in [-0.15, -0.1) is 11.8 Å². The van der Waals surface area contributed by atoms with Crippen LogP contribution in [0, 0.1) is 0 Å². The van der Waals surface area contributed by atoms with E-state index in [1.165, 1.54) is 0 Å². The highest BCUT2D eigenvalue weighted by atomic mass is 35.5. The highest BCUT2D eigenvalue weighted by molar-refractivity contribution is 8.00. The van der Waals surface area contributed by atoms with Gasteiger partial charge in [0.1, 0.15) is 0 Å². The van der Waals surface area contributed by atoms with E-state index in [4.69, 9.17) is 17.3 Å². The van der Waals surface area contributed by atoms with E-state index in [1.807, 2.05) is 36.1 Å². The van der Waals surface area contributed by atoms with Crippen molar-refractivity contribution in [3.63, 3.8) is 0 Å². The van der Waals surface area contributed by atoms with Crippen LogP contribution in [0.3, 0.4) is 0 Å². The van der Waals surface area contributed by atoms with Crippen LogP contribution in [-0.2, 0) is 4.79 Å². The monoisotopic (exact) mass is 284 g/mol.